The molecule has 114 valence electrons. The fraction of sp³-hybridized carbons (Fsp3) is 0.333. The second-order valence-corrected chi connectivity index (χ2v) is 6.70. The summed E-state index contributed by atoms with van der Waals surface area (Å²) in [5.41, 5.74) is 1.01. The van der Waals surface area contributed by atoms with Crippen molar-refractivity contribution in [3.8, 4) is 0 Å². The first kappa shape index (κ1) is 16.9. The number of thiophene rings is 1. The Labute approximate surface area is 142 Å². The van der Waals surface area contributed by atoms with E-state index >= 15 is 0 Å². The fourth-order valence-corrected chi connectivity index (χ4v) is 3.98. The van der Waals surface area contributed by atoms with E-state index in [0.717, 1.165) is 36.2 Å². The summed E-state index contributed by atoms with van der Waals surface area (Å²) in [6.07, 6.45) is 0. The Morgan fingerprint density at radius 3 is 2.67 bits per heavy atom. The van der Waals surface area contributed by atoms with Crippen LogP contribution in [0.4, 0.5) is 4.39 Å². The Balaban J connectivity index is 0.00000161. The van der Waals surface area contributed by atoms with Gasteiger partial charge in [0.05, 0.1) is 6.04 Å². The number of nitrogens with zero attached hydrogens (tertiary/aromatic N) is 1. The summed E-state index contributed by atoms with van der Waals surface area (Å²) in [6.45, 7) is 3.92. The van der Waals surface area contributed by atoms with E-state index in [0.29, 0.717) is 0 Å². The molecule has 0 radical (unpaired) electrons. The Morgan fingerprint density at radius 2 is 2.00 bits per heavy atom. The number of rotatable bonds is 3. The molecule has 1 aliphatic heterocycles. The second kappa shape index (κ2) is 7.70. The van der Waals surface area contributed by atoms with Gasteiger partial charge in [-0.3, -0.25) is 4.90 Å². The van der Waals surface area contributed by atoms with Crippen molar-refractivity contribution in [2.24, 2.45) is 0 Å². The third kappa shape index (κ3) is 3.85. The predicted molar refractivity (Wildman–Crippen MR) is 92.0 cm³/mol. The molecule has 1 aliphatic rings. The Kier molecular flexibility index (Phi) is 6.20. The van der Waals surface area contributed by atoms with Crippen LogP contribution >= 0.6 is 39.7 Å². The van der Waals surface area contributed by atoms with Crippen molar-refractivity contribution in [1.29, 1.82) is 0 Å². The van der Waals surface area contributed by atoms with Gasteiger partial charge in [0.15, 0.2) is 0 Å². The number of nitrogens with one attached hydrogen (secondary N) is 1. The van der Waals surface area contributed by atoms with Gasteiger partial charge in [-0.2, -0.15) is 0 Å². The van der Waals surface area contributed by atoms with E-state index in [1.807, 2.05) is 0 Å². The first-order valence-corrected chi connectivity index (χ1v) is 8.36. The first-order valence-electron chi connectivity index (χ1n) is 6.69. The van der Waals surface area contributed by atoms with E-state index in [4.69, 9.17) is 0 Å². The standard InChI is InChI=1S/C15H16BrFN2S.ClH/c16-13-4-3-11(17)10-12(13)15(14-2-1-9-20-14)19-7-5-18-6-8-19;/h1-4,9-10,15,18H,5-8H2;1H/t15-;/m1./s1. The van der Waals surface area contributed by atoms with Gasteiger partial charge in [-0.1, -0.05) is 22.0 Å². The number of hydrogen-bond donors (Lipinski definition) is 1. The molecule has 0 unspecified atom stereocenters. The van der Waals surface area contributed by atoms with E-state index in [1.165, 1.54) is 10.9 Å². The minimum Gasteiger partial charge on any atom is -0.314 e. The summed E-state index contributed by atoms with van der Waals surface area (Å²) in [7, 11) is 0. The SMILES string of the molecule is Cl.Fc1ccc(Br)c([C@H](c2cccs2)N2CCNCC2)c1. The van der Waals surface area contributed by atoms with Gasteiger partial charge in [0.25, 0.3) is 0 Å². The molecule has 1 atom stereocenters. The third-order valence-corrected chi connectivity index (χ3v) is 5.23. The van der Waals surface area contributed by atoms with Crippen LogP contribution in [0.3, 0.4) is 0 Å². The highest BCUT2D eigenvalue weighted by atomic mass is 79.9. The minimum absolute atomic E-state index is 0. The van der Waals surface area contributed by atoms with Gasteiger partial charge < -0.3 is 5.32 Å². The van der Waals surface area contributed by atoms with Crippen LogP contribution in [0.5, 0.6) is 0 Å². The molecule has 0 amide bonds. The third-order valence-electron chi connectivity index (χ3n) is 3.58. The smallest absolute Gasteiger partial charge is 0.123 e. The highest BCUT2D eigenvalue weighted by Gasteiger charge is 2.26. The summed E-state index contributed by atoms with van der Waals surface area (Å²) < 4.78 is 14.6. The zero-order valence-electron chi connectivity index (χ0n) is 11.4. The summed E-state index contributed by atoms with van der Waals surface area (Å²) >= 11 is 5.31. The van der Waals surface area contributed by atoms with Gasteiger partial charge in [0.2, 0.25) is 0 Å². The van der Waals surface area contributed by atoms with Crippen LogP contribution in [0.25, 0.3) is 0 Å². The minimum atomic E-state index is -0.181. The molecule has 3 rings (SSSR count). The summed E-state index contributed by atoms with van der Waals surface area (Å²) in [4.78, 5) is 3.68. The molecular weight excluding hydrogens is 375 g/mol. The van der Waals surface area contributed by atoms with Gasteiger partial charge in [-0.15, -0.1) is 23.7 Å². The Morgan fingerprint density at radius 1 is 1.24 bits per heavy atom. The van der Waals surface area contributed by atoms with Crippen molar-refractivity contribution in [2.75, 3.05) is 26.2 Å². The fourth-order valence-electron chi connectivity index (χ4n) is 2.64. The molecule has 0 bridgehead atoms. The van der Waals surface area contributed by atoms with Crippen LogP contribution in [0.2, 0.25) is 0 Å². The van der Waals surface area contributed by atoms with Crippen LogP contribution in [0.1, 0.15) is 16.5 Å². The van der Waals surface area contributed by atoms with Crippen molar-refractivity contribution in [3.63, 3.8) is 0 Å². The van der Waals surface area contributed by atoms with Crippen molar-refractivity contribution < 1.29 is 4.39 Å². The van der Waals surface area contributed by atoms with E-state index in [-0.39, 0.29) is 24.3 Å². The van der Waals surface area contributed by atoms with Crippen LogP contribution in [0, 0.1) is 5.82 Å². The van der Waals surface area contributed by atoms with Crippen LogP contribution < -0.4 is 5.32 Å². The van der Waals surface area contributed by atoms with E-state index in [1.54, 1.807) is 23.5 Å². The van der Waals surface area contributed by atoms with Crippen molar-refractivity contribution in [1.82, 2.24) is 10.2 Å². The maximum atomic E-state index is 13.7. The molecule has 1 saturated heterocycles. The molecule has 1 aromatic heterocycles. The molecule has 1 aromatic carbocycles. The average molecular weight is 392 g/mol. The van der Waals surface area contributed by atoms with Gasteiger partial charge in [-0.05, 0) is 35.2 Å². The van der Waals surface area contributed by atoms with Gasteiger partial charge in [-0.25, -0.2) is 4.39 Å². The second-order valence-electron chi connectivity index (χ2n) is 4.87. The highest BCUT2D eigenvalue weighted by Crippen LogP contribution is 2.36. The Hall–Kier alpha value is -0.460. The topological polar surface area (TPSA) is 15.3 Å². The molecule has 2 heterocycles. The zero-order valence-corrected chi connectivity index (χ0v) is 14.6. The average Bonchev–Trinajstić information content (AvgIpc) is 2.98. The lowest BCUT2D eigenvalue weighted by Gasteiger charge is -2.35. The summed E-state index contributed by atoms with van der Waals surface area (Å²) in [6, 6.07) is 9.26. The summed E-state index contributed by atoms with van der Waals surface area (Å²) in [5, 5.41) is 5.45. The quantitative estimate of drug-likeness (QED) is 0.848. The molecule has 0 spiro atoms. The number of halogens is 3. The largest absolute Gasteiger partial charge is 0.314 e. The maximum Gasteiger partial charge on any atom is 0.123 e. The molecule has 21 heavy (non-hydrogen) atoms. The lowest BCUT2D eigenvalue weighted by Crippen LogP contribution is -2.45. The van der Waals surface area contributed by atoms with Crippen LogP contribution in [0.15, 0.2) is 40.2 Å². The molecule has 1 N–H and O–H groups in total. The molecule has 2 nitrogen and oxygen atoms in total. The van der Waals surface area contributed by atoms with Gasteiger partial charge >= 0.3 is 0 Å². The van der Waals surface area contributed by atoms with E-state index in [9.17, 15) is 4.39 Å². The molecule has 6 heteroatoms. The molecular formula is C15H17BrClFN2S. The molecule has 0 saturated carbocycles. The van der Waals surface area contributed by atoms with E-state index < -0.39 is 0 Å². The van der Waals surface area contributed by atoms with Crippen molar-refractivity contribution >= 4 is 39.7 Å². The van der Waals surface area contributed by atoms with E-state index in [2.05, 4.69) is 43.7 Å². The molecule has 1 fully saturated rings. The zero-order chi connectivity index (χ0) is 13.9. The molecule has 0 aliphatic carbocycles. The van der Waals surface area contributed by atoms with Gasteiger partial charge in [0.1, 0.15) is 5.82 Å². The monoisotopic (exact) mass is 390 g/mol. The lowest BCUT2D eigenvalue weighted by atomic mass is 10.0. The summed E-state index contributed by atoms with van der Waals surface area (Å²) in [5.74, 6) is -0.181. The maximum absolute atomic E-state index is 13.7. The highest BCUT2D eigenvalue weighted by molar-refractivity contribution is 9.10. The Bertz CT molecular complexity index is 573. The predicted octanol–water partition coefficient (Wildman–Crippen LogP) is 4.07. The normalized spacial score (nSPS) is 17.2. The lowest BCUT2D eigenvalue weighted by molar-refractivity contribution is 0.200. The molecule has 2 aromatic rings. The van der Waals surface area contributed by atoms with Gasteiger partial charge in [0, 0.05) is 35.5 Å². The van der Waals surface area contributed by atoms with Crippen LogP contribution in [-0.2, 0) is 0 Å². The number of benzene rings is 1. The number of hydrogen-bond acceptors (Lipinski definition) is 3. The number of piperazine rings is 1. The van der Waals surface area contributed by atoms with Crippen LogP contribution in [-0.4, -0.2) is 31.1 Å². The first-order chi connectivity index (χ1) is 9.75. The van der Waals surface area contributed by atoms with Crippen molar-refractivity contribution in [2.45, 2.75) is 6.04 Å². The van der Waals surface area contributed by atoms with Crippen molar-refractivity contribution in [3.05, 3.63) is 56.4 Å².